The van der Waals surface area contributed by atoms with Crippen LogP contribution in [0.25, 0.3) is 11.1 Å². The van der Waals surface area contributed by atoms with Gasteiger partial charge in [0.05, 0.1) is 11.7 Å². The Kier molecular flexibility index (Phi) is 6.25. The van der Waals surface area contributed by atoms with Crippen molar-refractivity contribution in [3.63, 3.8) is 0 Å². The third-order valence-corrected chi connectivity index (χ3v) is 4.73. The van der Waals surface area contributed by atoms with Gasteiger partial charge in [0.15, 0.2) is 0 Å². The van der Waals surface area contributed by atoms with Crippen LogP contribution in [0.2, 0.25) is 0 Å². The molecule has 3 rings (SSSR count). The number of aliphatic hydroxyl groups excluding tert-OH is 1. The van der Waals surface area contributed by atoms with Crippen LogP contribution in [0.4, 0.5) is 0 Å². The zero-order valence-corrected chi connectivity index (χ0v) is 16.4. The average Bonchev–Trinajstić information content (AvgIpc) is 2.76. The third-order valence-electron chi connectivity index (χ3n) is 4.73. The van der Waals surface area contributed by atoms with Gasteiger partial charge in [-0.25, -0.2) is 4.79 Å². The van der Waals surface area contributed by atoms with Crippen molar-refractivity contribution in [3.05, 3.63) is 95.1 Å². The molecule has 1 atom stereocenters. The lowest BCUT2D eigenvalue weighted by Gasteiger charge is -2.13. The molecule has 29 heavy (non-hydrogen) atoms. The van der Waals surface area contributed by atoms with E-state index < -0.39 is 18.6 Å². The van der Waals surface area contributed by atoms with E-state index in [0.29, 0.717) is 18.5 Å². The maximum atomic E-state index is 11.2. The van der Waals surface area contributed by atoms with E-state index in [2.05, 4.69) is 5.32 Å². The molecule has 3 aromatic rings. The lowest BCUT2D eigenvalue weighted by molar-refractivity contribution is 0.0697. The molecule has 0 aromatic heterocycles. The molecule has 0 bridgehead atoms. The standard InChI is InChI=1S/C25H27NO3/c1-18-6-2-11-22(14-18)24(27)17-26-13-5-8-19-7-3-9-20(15-19)21-10-4-12-23(16-21)25(28)29/h2-4,6-7,9-12,14-16,24,26-27H,5,8,13,17H2,1H3,(H,28,29)/t24-/m0/s1/i17D2. The SMILES string of the molecule is [2H]C([2H])(NCCCc1cccc(-c2cccc(C(=O)O)c2)c1)[C@H](O)c1cccc(C)c1. The summed E-state index contributed by atoms with van der Waals surface area (Å²) in [7, 11) is 0. The zero-order valence-electron chi connectivity index (χ0n) is 18.4. The van der Waals surface area contributed by atoms with Gasteiger partial charge in [0.25, 0.3) is 0 Å². The average molecular weight is 392 g/mol. The lowest BCUT2D eigenvalue weighted by atomic mass is 9.99. The summed E-state index contributed by atoms with van der Waals surface area (Å²) in [6.07, 6.45) is 0.173. The predicted octanol–water partition coefficient (Wildman–Crippen LogP) is 4.62. The Labute approximate surface area is 174 Å². The van der Waals surface area contributed by atoms with Crippen LogP contribution in [-0.4, -0.2) is 29.2 Å². The number of rotatable bonds is 9. The highest BCUT2D eigenvalue weighted by Crippen LogP contribution is 2.22. The summed E-state index contributed by atoms with van der Waals surface area (Å²) in [6.45, 7) is 0.382. The summed E-state index contributed by atoms with van der Waals surface area (Å²) in [5.41, 5.74) is 4.65. The van der Waals surface area contributed by atoms with Gasteiger partial charge in [-0.15, -0.1) is 0 Å². The van der Waals surface area contributed by atoms with Crippen LogP contribution >= 0.6 is 0 Å². The van der Waals surface area contributed by atoms with Gasteiger partial charge in [-0.3, -0.25) is 0 Å². The van der Waals surface area contributed by atoms with Gasteiger partial charge >= 0.3 is 5.97 Å². The van der Waals surface area contributed by atoms with Crippen LogP contribution in [0.5, 0.6) is 0 Å². The van der Waals surface area contributed by atoms with Crippen molar-refractivity contribution >= 4 is 5.97 Å². The quantitative estimate of drug-likeness (QED) is 0.466. The molecule has 0 saturated heterocycles. The second-order valence-corrected chi connectivity index (χ2v) is 7.08. The van der Waals surface area contributed by atoms with Crippen LogP contribution in [0.15, 0.2) is 72.8 Å². The minimum atomic E-state index is -1.94. The van der Waals surface area contributed by atoms with Crippen molar-refractivity contribution in [2.75, 3.05) is 13.0 Å². The summed E-state index contributed by atoms with van der Waals surface area (Å²) >= 11 is 0. The first-order valence-corrected chi connectivity index (χ1v) is 9.68. The molecule has 0 saturated carbocycles. The molecule has 4 heteroatoms. The molecule has 3 N–H and O–H groups in total. The monoisotopic (exact) mass is 391 g/mol. The number of aryl methyl sites for hydroxylation is 2. The number of aromatic carboxylic acids is 1. The second kappa shape index (κ2) is 10.0. The van der Waals surface area contributed by atoms with Gasteiger partial charge in [0, 0.05) is 9.24 Å². The van der Waals surface area contributed by atoms with Crippen LogP contribution < -0.4 is 5.32 Å². The molecule has 4 nitrogen and oxygen atoms in total. The molecule has 0 aliphatic heterocycles. The Balaban J connectivity index is 1.58. The molecule has 0 radical (unpaired) electrons. The van der Waals surface area contributed by atoms with Crippen LogP contribution in [0, 0.1) is 6.92 Å². The van der Waals surface area contributed by atoms with E-state index >= 15 is 0 Å². The molecule has 0 amide bonds. The first kappa shape index (κ1) is 18.1. The van der Waals surface area contributed by atoms with Gasteiger partial charge < -0.3 is 15.5 Å². The topological polar surface area (TPSA) is 69.6 Å². The van der Waals surface area contributed by atoms with Crippen molar-refractivity contribution in [1.82, 2.24) is 5.32 Å². The second-order valence-electron chi connectivity index (χ2n) is 7.08. The minimum Gasteiger partial charge on any atom is -0.478 e. The van der Waals surface area contributed by atoms with Gasteiger partial charge in [-0.2, -0.15) is 0 Å². The largest absolute Gasteiger partial charge is 0.478 e. The number of hydrogen-bond donors (Lipinski definition) is 3. The third kappa shape index (κ3) is 6.01. The smallest absolute Gasteiger partial charge is 0.335 e. The minimum absolute atomic E-state index is 0.251. The first-order valence-electron chi connectivity index (χ1n) is 10.7. The molecule has 0 fully saturated rings. The molecule has 0 heterocycles. The molecule has 3 aromatic carbocycles. The molecule has 0 unspecified atom stereocenters. The summed E-state index contributed by atoms with van der Waals surface area (Å²) in [6, 6.07) is 22.0. The Bertz CT molecular complexity index is 1050. The molecular formula is C25H27NO3. The van der Waals surface area contributed by atoms with Crippen LogP contribution in [0.1, 0.15) is 42.3 Å². The van der Waals surface area contributed by atoms with Crippen molar-refractivity contribution < 1.29 is 17.7 Å². The fraction of sp³-hybridized carbons (Fsp3) is 0.240. The van der Waals surface area contributed by atoms with Crippen molar-refractivity contribution in [3.8, 4) is 11.1 Å². The summed E-state index contributed by atoms with van der Waals surface area (Å²) in [5.74, 6) is -0.953. The van der Waals surface area contributed by atoms with Gasteiger partial charge in [0.1, 0.15) is 0 Å². The molecule has 0 aliphatic rings. The van der Waals surface area contributed by atoms with Crippen molar-refractivity contribution in [1.29, 1.82) is 0 Å². The Morgan fingerprint density at radius 3 is 2.52 bits per heavy atom. The Morgan fingerprint density at radius 1 is 1.03 bits per heavy atom. The number of carboxylic acids is 1. The van der Waals surface area contributed by atoms with E-state index in [0.717, 1.165) is 28.7 Å². The van der Waals surface area contributed by atoms with Crippen LogP contribution in [0.3, 0.4) is 0 Å². The maximum absolute atomic E-state index is 11.2. The van der Waals surface area contributed by atoms with E-state index in [1.54, 1.807) is 30.3 Å². The first-order chi connectivity index (χ1) is 14.8. The van der Waals surface area contributed by atoms with E-state index in [9.17, 15) is 15.0 Å². The molecule has 150 valence electrons. The summed E-state index contributed by atoms with van der Waals surface area (Å²) in [5, 5.41) is 22.5. The molecule has 0 aliphatic carbocycles. The fourth-order valence-corrected chi connectivity index (χ4v) is 3.21. The van der Waals surface area contributed by atoms with Gasteiger partial charge in [-0.1, -0.05) is 66.2 Å². The van der Waals surface area contributed by atoms with Gasteiger partial charge in [0.2, 0.25) is 0 Å². The maximum Gasteiger partial charge on any atom is 0.335 e. The number of benzene rings is 3. The van der Waals surface area contributed by atoms with Gasteiger partial charge in [-0.05, 0) is 60.7 Å². The van der Waals surface area contributed by atoms with Crippen molar-refractivity contribution in [2.45, 2.75) is 25.9 Å². The van der Waals surface area contributed by atoms with E-state index in [1.807, 2.05) is 49.4 Å². The number of carbonyl (C=O) groups is 1. The van der Waals surface area contributed by atoms with Crippen molar-refractivity contribution in [2.24, 2.45) is 0 Å². The van der Waals surface area contributed by atoms with E-state index in [1.165, 1.54) is 0 Å². The zero-order chi connectivity index (χ0) is 22.4. The van der Waals surface area contributed by atoms with Crippen LogP contribution in [-0.2, 0) is 6.42 Å². The molecule has 0 spiro atoms. The number of carboxylic acid groups (broad SMARTS) is 1. The summed E-state index contributed by atoms with van der Waals surface area (Å²) < 4.78 is 16.4. The Morgan fingerprint density at radius 2 is 1.76 bits per heavy atom. The highest BCUT2D eigenvalue weighted by atomic mass is 16.4. The lowest BCUT2D eigenvalue weighted by Crippen LogP contribution is -2.22. The fourth-order valence-electron chi connectivity index (χ4n) is 3.21. The van der Waals surface area contributed by atoms with E-state index in [4.69, 9.17) is 2.74 Å². The number of aliphatic hydroxyl groups is 1. The number of hydrogen-bond acceptors (Lipinski definition) is 3. The Hall–Kier alpha value is -2.95. The normalized spacial score (nSPS) is 13.4. The van der Waals surface area contributed by atoms with E-state index in [-0.39, 0.29) is 5.56 Å². The summed E-state index contributed by atoms with van der Waals surface area (Å²) in [4.78, 5) is 11.2. The highest BCUT2D eigenvalue weighted by Gasteiger charge is 2.07. The highest BCUT2D eigenvalue weighted by molar-refractivity contribution is 5.89. The predicted molar refractivity (Wildman–Crippen MR) is 116 cm³/mol. The number of nitrogens with one attached hydrogen (secondary N) is 1. The molecular weight excluding hydrogens is 362 g/mol.